The third-order valence-corrected chi connectivity index (χ3v) is 5.12. The fourth-order valence-electron chi connectivity index (χ4n) is 2.57. The van der Waals surface area contributed by atoms with E-state index in [1.165, 1.54) is 11.8 Å². The molecule has 1 N–H and O–H groups in total. The zero-order valence-electron chi connectivity index (χ0n) is 11.8. The Hall–Kier alpha value is -1.71. The van der Waals surface area contributed by atoms with Gasteiger partial charge >= 0.3 is 0 Å². The molecule has 22 heavy (non-hydrogen) atoms. The molecule has 1 atom stereocenters. The van der Waals surface area contributed by atoms with Gasteiger partial charge in [0.25, 0.3) is 0 Å². The molecule has 2 aromatic rings. The minimum absolute atomic E-state index is 0.00227. The Bertz CT molecular complexity index is 708. The van der Waals surface area contributed by atoms with Gasteiger partial charge in [0, 0.05) is 22.8 Å². The summed E-state index contributed by atoms with van der Waals surface area (Å²) in [6.07, 6.45) is 0.940. The molecule has 0 bridgehead atoms. The number of carbonyl (C=O) groups excluding carboxylic acids is 1. The summed E-state index contributed by atoms with van der Waals surface area (Å²) in [5, 5.41) is 11.0. The lowest BCUT2D eigenvalue weighted by Gasteiger charge is -2.23. The quantitative estimate of drug-likeness (QED) is 0.824. The Balaban J connectivity index is 1.80. The van der Waals surface area contributed by atoms with Crippen molar-refractivity contribution >= 4 is 29.1 Å². The number of rotatable bonds is 3. The molecule has 1 aliphatic rings. The minimum atomic E-state index is -0.00227. The van der Waals surface area contributed by atoms with Crippen LogP contribution in [0.15, 0.2) is 70.2 Å². The van der Waals surface area contributed by atoms with Crippen molar-refractivity contribution in [3.63, 3.8) is 0 Å². The van der Waals surface area contributed by atoms with Crippen LogP contribution >= 0.6 is 23.4 Å². The summed E-state index contributed by atoms with van der Waals surface area (Å²) >= 11 is 7.17. The maximum absolute atomic E-state index is 12.4. The number of Topliss-reactive ketones (excluding diaryl/α,β-unsaturated/α-hetero) is 1. The van der Waals surface area contributed by atoms with Crippen molar-refractivity contribution in [2.75, 3.05) is 0 Å². The number of ketones is 1. The normalized spacial score (nSPS) is 18.6. The first kappa shape index (κ1) is 15.2. The van der Waals surface area contributed by atoms with Crippen molar-refractivity contribution in [1.29, 1.82) is 0 Å². The van der Waals surface area contributed by atoms with Crippen LogP contribution in [0.1, 0.15) is 24.3 Å². The Kier molecular flexibility index (Phi) is 4.55. The largest absolute Gasteiger partial charge is 0.511 e. The number of aliphatic hydroxyl groups excluding tert-OH is 1. The zero-order chi connectivity index (χ0) is 15.5. The molecule has 2 nitrogen and oxygen atoms in total. The van der Waals surface area contributed by atoms with E-state index in [1.807, 2.05) is 42.5 Å². The van der Waals surface area contributed by atoms with Crippen LogP contribution in [0.4, 0.5) is 0 Å². The molecule has 0 spiro atoms. The number of halogens is 1. The molecule has 112 valence electrons. The lowest BCUT2D eigenvalue weighted by Crippen LogP contribution is -2.16. The molecule has 3 rings (SSSR count). The van der Waals surface area contributed by atoms with Gasteiger partial charge in [-0.1, -0.05) is 53.7 Å². The van der Waals surface area contributed by atoms with Gasteiger partial charge in [0.2, 0.25) is 0 Å². The summed E-state index contributed by atoms with van der Waals surface area (Å²) < 4.78 is 0. The van der Waals surface area contributed by atoms with Gasteiger partial charge in [0.05, 0.1) is 4.91 Å². The number of carbonyl (C=O) groups is 1. The lowest BCUT2D eigenvalue weighted by molar-refractivity contribution is -0.115. The van der Waals surface area contributed by atoms with E-state index in [-0.39, 0.29) is 17.5 Å². The first-order chi connectivity index (χ1) is 10.6. The van der Waals surface area contributed by atoms with Crippen LogP contribution < -0.4 is 0 Å². The average Bonchev–Trinajstić information content (AvgIpc) is 2.53. The van der Waals surface area contributed by atoms with Gasteiger partial charge in [0.1, 0.15) is 5.76 Å². The van der Waals surface area contributed by atoms with Crippen molar-refractivity contribution in [3.8, 4) is 0 Å². The van der Waals surface area contributed by atoms with Crippen molar-refractivity contribution in [3.05, 3.63) is 75.8 Å². The highest BCUT2D eigenvalue weighted by Crippen LogP contribution is 2.40. The monoisotopic (exact) mass is 330 g/mol. The first-order valence-corrected chi connectivity index (χ1v) is 8.26. The molecule has 0 radical (unpaired) electrons. The fraction of sp³-hybridized carbons (Fsp3) is 0.167. The first-order valence-electron chi connectivity index (χ1n) is 7.07. The van der Waals surface area contributed by atoms with Crippen LogP contribution in [-0.4, -0.2) is 10.9 Å². The molecule has 1 unspecified atom stereocenters. The Morgan fingerprint density at radius 2 is 1.68 bits per heavy atom. The van der Waals surface area contributed by atoms with Gasteiger partial charge in [-0.3, -0.25) is 4.79 Å². The van der Waals surface area contributed by atoms with Gasteiger partial charge in [-0.25, -0.2) is 0 Å². The van der Waals surface area contributed by atoms with Gasteiger partial charge in [-0.05, 0) is 35.7 Å². The van der Waals surface area contributed by atoms with Crippen molar-refractivity contribution in [1.82, 2.24) is 0 Å². The second kappa shape index (κ2) is 6.59. The van der Waals surface area contributed by atoms with Crippen LogP contribution in [-0.2, 0) is 4.79 Å². The number of benzene rings is 2. The summed E-state index contributed by atoms with van der Waals surface area (Å²) in [7, 11) is 0. The Labute approximate surface area is 138 Å². The third-order valence-electron chi connectivity index (χ3n) is 3.69. The molecule has 2 aromatic carbocycles. The molecule has 0 aromatic heterocycles. The van der Waals surface area contributed by atoms with Crippen molar-refractivity contribution in [2.45, 2.75) is 23.7 Å². The van der Waals surface area contributed by atoms with E-state index in [4.69, 9.17) is 11.6 Å². The fourth-order valence-corrected chi connectivity index (χ4v) is 3.61. The van der Waals surface area contributed by atoms with Gasteiger partial charge < -0.3 is 5.11 Å². The molecule has 1 aliphatic carbocycles. The highest BCUT2D eigenvalue weighted by Gasteiger charge is 2.29. The van der Waals surface area contributed by atoms with E-state index >= 15 is 0 Å². The third kappa shape index (κ3) is 3.37. The van der Waals surface area contributed by atoms with Gasteiger partial charge in [-0.2, -0.15) is 0 Å². The van der Waals surface area contributed by atoms with Crippen molar-refractivity contribution < 1.29 is 9.90 Å². The van der Waals surface area contributed by atoms with E-state index in [0.29, 0.717) is 22.8 Å². The summed E-state index contributed by atoms with van der Waals surface area (Å²) in [4.78, 5) is 13.7. The van der Waals surface area contributed by atoms with E-state index in [0.717, 1.165) is 10.5 Å². The topological polar surface area (TPSA) is 37.3 Å². The summed E-state index contributed by atoms with van der Waals surface area (Å²) in [6.45, 7) is 0. The zero-order valence-corrected chi connectivity index (χ0v) is 13.4. The van der Waals surface area contributed by atoms with E-state index < -0.39 is 0 Å². The second-order valence-corrected chi connectivity index (χ2v) is 6.79. The smallest absolute Gasteiger partial charge is 0.173 e. The minimum Gasteiger partial charge on any atom is -0.511 e. The van der Waals surface area contributed by atoms with E-state index in [9.17, 15) is 9.90 Å². The molecule has 4 heteroatoms. The van der Waals surface area contributed by atoms with Crippen LogP contribution in [0.3, 0.4) is 0 Å². The summed E-state index contributed by atoms with van der Waals surface area (Å²) in [5.74, 6) is 0.242. The van der Waals surface area contributed by atoms with Crippen LogP contribution in [0.25, 0.3) is 0 Å². The summed E-state index contributed by atoms with van der Waals surface area (Å²) in [5.41, 5.74) is 1.10. The number of allylic oxidation sites excluding steroid dienone is 2. The van der Waals surface area contributed by atoms with Crippen LogP contribution in [0, 0.1) is 0 Å². The molecular formula is C18H15ClO2S. The van der Waals surface area contributed by atoms with Crippen LogP contribution in [0.5, 0.6) is 0 Å². The highest BCUT2D eigenvalue weighted by atomic mass is 35.5. The predicted octanol–water partition coefficient (Wildman–Crippen LogP) is 5.35. The Morgan fingerprint density at radius 3 is 2.32 bits per heavy atom. The Morgan fingerprint density at radius 1 is 1.00 bits per heavy atom. The molecule has 0 saturated heterocycles. The molecule has 0 aliphatic heterocycles. The lowest BCUT2D eigenvalue weighted by atomic mass is 9.86. The average molecular weight is 331 g/mol. The highest BCUT2D eigenvalue weighted by molar-refractivity contribution is 8.04. The molecule has 0 fully saturated rings. The number of aliphatic hydroxyl groups is 1. The van der Waals surface area contributed by atoms with Gasteiger partial charge in [0.15, 0.2) is 5.78 Å². The number of hydrogen-bond donors (Lipinski definition) is 1. The maximum Gasteiger partial charge on any atom is 0.173 e. The van der Waals surface area contributed by atoms with E-state index in [1.54, 1.807) is 12.1 Å². The maximum atomic E-state index is 12.4. The molecular weight excluding hydrogens is 316 g/mol. The van der Waals surface area contributed by atoms with Crippen LogP contribution in [0.2, 0.25) is 5.02 Å². The summed E-state index contributed by atoms with van der Waals surface area (Å²) in [6, 6.07) is 17.1. The molecule has 0 heterocycles. The number of hydrogen-bond acceptors (Lipinski definition) is 3. The van der Waals surface area contributed by atoms with Gasteiger partial charge in [-0.15, -0.1) is 0 Å². The molecule has 0 amide bonds. The predicted molar refractivity (Wildman–Crippen MR) is 90.4 cm³/mol. The number of thioether (sulfide) groups is 1. The van der Waals surface area contributed by atoms with E-state index in [2.05, 4.69) is 0 Å². The second-order valence-electron chi connectivity index (χ2n) is 5.27. The standard InChI is InChI=1S/C18H15ClO2S/c19-14-6-8-15(9-7-14)22-18-16(20)10-13(11-17(18)21)12-4-2-1-3-5-12/h1-9,13,20H,10-11H2. The SMILES string of the molecule is O=C1CC(c2ccccc2)CC(O)=C1Sc1ccc(Cl)cc1. The van der Waals surface area contributed by atoms with Crippen molar-refractivity contribution in [2.24, 2.45) is 0 Å². The molecule has 0 saturated carbocycles.